The molecule has 0 radical (unpaired) electrons. The van der Waals surface area contributed by atoms with Gasteiger partial charge in [-0.1, -0.05) is 15.9 Å². The van der Waals surface area contributed by atoms with Crippen molar-refractivity contribution >= 4 is 21.6 Å². The molecular formula is C11H15BrN2O. The molecule has 1 aromatic carbocycles. The fourth-order valence-electron chi connectivity index (χ4n) is 1.76. The number of ether oxygens (including phenoxy) is 1. The lowest BCUT2D eigenvalue weighted by molar-refractivity contribution is 0.183. The molecule has 0 saturated carbocycles. The molecule has 1 aromatic rings. The Morgan fingerprint density at radius 3 is 2.67 bits per heavy atom. The van der Waals surface area contributed by atoms with Gasteiger partial charge in [-0.15, -0.1) is 0 Å². The number of nitrogens with two attached hydrogens (primary N) is 1. The topological polar surface area (TPSA) is 47.3 Å². The third-order valence-electron chi connectivity index (χ3n) is 2.75. The molecule has 1 saturated heterocycles. The number of hydrogen-bond acceptors (Lipinski definition) is 3. The lowest BCUT2D eigenvalue weighted by Crippen LogP contribution is -2.46. The summed E-state index contributed by atoms with van der Waals surface area (Å²) in [5.41, 5.74) is 6.81. The molecule has 3 N–H and O–H groups in total. The largest absolute Gasteiger partial charge is 0.379 e. The number of nitrogens with one attached hydrogen (secondary N) is 1. The molecule has 3 nitrogen and oxygen atoms in total. The van der Waals surface area contributed by atoms with Crippen LogP contribution in [-0.4, -0.2) is 25.3 Å². The summed E-state index contributed by atoms with van der Waals surface area (Å²) in [4.78, 5) is 0. The van der Waals surface area contributed by atoms with Crippen molar-refractivity contribution in [3.8, 4) is 0 Å². The molecule has 0 amide bonds. The monoisotopic (exact) mass is 270 g/mol. The lowest BCUT2D eigenvalue weighted by Gasteiger charge is -2.28. The predicted molar refractivity (Wildman–Crippen MR) is 65.0 cm³/mol. The van der Waals surface area contributed by atoms with Gasteiger partial charge in [0, 0.05) is 23.3 Å². The molecule has 4 heteroatoms. The van der Waals surface area contributed by atoms with Crippen LogP contribution in [0.5, 0.6) is 0 Å². The first-order valence-electron chi connectivity index (χ1n) is 5.06. The van der Waals surface area contributed by atoms with Crippen molar-refractivity contribution < 1.29 is 4.74 Å². The number of rotatable bonds is 3. The van der Waals surface area contributed by atoms with Gasteiger partial charge in [0.15, 0.2) is 0 Å². The first-order chi connectivity index (χ1) is 7.24. The molecule has 1 atom stereocenters. The van der Waals surface area contributed by atoms with Gasteiger partial charge in [-0.3, -0.25) is 0 Å². The first kappa shape index (κ1) is 10.9. The Hall–Kier alpha value is -0.580. The molecule has 15 heavy (non-hydrogen) atoms. The highest BCUT2D eigenvalue weighted by Crippen LogP contribution is 2.24. The van der Waals surface area contributed by atoms with Gasteiger partial charge in [0.25, 0.3) is 0 Å². The van der Waals surface area contributed by atoms with Crippen molar-refractivity contribution in [1.82, 2.24) is 0 Å². The molecule has 0 aliphatic carbocycles. The summed E-state index contributed by atoms with van der Waals surface area (Å²) in [6.45, 7) is 2.09. The van der Waals surface area contributed by atoms with Gasteiger partial charge in [0.05, 0.1) is 12.1 Å². The minimum absolute atomic E-state index is 0.0756. The maximum absolute atomic E-state index is 5.79. The summed E-state index contributed by atoms with van der Waals surface area (Å²) in [6, 6.07) is 8.12. The normalized spacial score (nSPS) is 25.5. The van der Waals surface area contributed by atoms with E-state index in [0.717, 1.165) is 23.2 Å². The number of halogens is 1. The third kappa shape index (κ3) is 2.51. The Kier molecular flexibility index (Phi) is 3.29. The Labute approximate surface area is 98.1 Å². The van der Waals surface area contributed by atoms with Crippen molar-refractivity contribution in [2.45, 2.75) is 12.0 Å². The van der Waals surface area contributed by atoms with E-state index in [4.69, 9.17) is 10.5 Å². The van der Waals surface area contributed by atoms with Gasteiger partial charge in [-0.25, -0.2) is 0 Å². The quantitative estimate of drug-likeness (QED) is 0.883. The third-order valence-corrected chi connectivity index (χ3v) is 3.28. The SMILES string of the molecule is NCC1(Nc2ccc(Br)cc2)CCOC1. The van der Waals surface area contributed by atoms with Gasteiger partial charge in [0.1, 0.15) is 0 Å². The summed E-state index contributed by atoms with van der Waals surface area (Å²) in [6.07, 6.45) is 0.972. The van der Waals surface area contributed by atoms with E-state index in [2.05, 4.69) is 21.2 Å². The van der Waals surface area contributed by atoms with Crippen molar-refractivity contribution in [1.29, 1.82) is 0 Å². The van der Waals surface area contributed by atoms with Gasteiger partial charge in [-0.05, 0) is 30.7 Å². The Balaban J connectivity index is 2.09. The highest BCUT2D eigenvalue weighted by molar-refractivity contribution is 9.10. The van der Waals surface area contributed by atoms with Crippen LogP contribution in [0.2, 0.25) is 0 Å². The Morgan fingerprint density at radius 2 is 2.13 bits per heavy atom. The second-order valence-corrected chi connectivity index (χ2v) is 4.83. The molecule has 1 heterocycles. The fraction of sp³-hybridized carbons (Fsp3) is 0.455. The zero-order valence-electron chi connectivity index (χ0n) is 8.50. The zero-order valence-corrected chi connectivity index (χ0v) is 10.1. The van der Waals surface area contributed by atoms with Crippen LogP contribution in [-0.2, 0) is 4.74 Å². The van der Waals surface area contributed by atoms with E-state index in [9.17, 15) is 0 Å². The van der Waals surface area contributed by atoms with Gasteiger partial charge in [-0.2, -0.15) is 0 Å². The molecule has 1 unspecified atom stereocenters. The highest BCUT2D eigenvalue weighted by atomic mass is 79.9. The van der Waals surface area contributed by atoms with Crippen LogP contribution in [0.1, 0.15) is 6.42 Å². The van der Waals surface area contributed by atoms with Crippen molar-refractivity contribution in [2.24, 2.45) is 5.73 Å². The van der Waals surface area contributed by atoms with E-state index in [0.29, 0.717) is 13.2 Å². The summed E-state index contributed by atoms with van der Waals surface area (Å²) in [5.74, 6) is 0. The maximum Gasteiger partial charge on any atom is 0.0750 e. The van der Waals surface area contributed by atoms with Crippen LogP contribution < -0.4 is 11.1 Å². The molecular weight excluding hydrogens is 256 g/mol. The average Bonchev–Trinajstić information content (AvgIpc) is 2.71. The van der Waals surface area contributed by atoms with Crippen molar-refractivity contribution in [3.05, 3.63) is 28.7 Å². The summed E-state index contributed by atoms with van der Waals surface area (Å²) in [7, 11) is 0. The highest BCUT2D eigenvalue weighted by Gasteiger charge is 2.33. The van der Waals surface area contributed by atoms with E-state index in [1.807, 2.05) is 24.3 Å². The van der Waals surface area contributed by atoms with Crippen LogP contribution in [0.3, 0.4) is 0 Å². The number of benzene rings is 1. The molecule has 0 aromatic heterocycles. The minimum atomic E-state index is -0.0756. The second-order valence-electron chi connectivity index (χ2n) is 3.92. The standard InChI is InChI=1S/C11H15BrN2O/c12-9-1-3-10(4-2-9)14-11(7-13)5-6-15-8-11/h1-4,14H,5-8,13H2. The predicted octanol–water partition coefficient (Wildman–Crippen LogP) is 1.98. The van der Waals surface area contributed by atoms with Crippen LogP contribution in [0.15, 0.2) is 28.7 Å². The number of anilines is 1. The van der Waals surface area contributed by atoms with Crippen LogP contribution in [0.25, 0.3) is 0 Å². The van der Waals surface area contributed by atoms with Crippen molar-refractivity contribution in [3.63, 3.8) is 0 Å². The van der Waals surface area contributed by atoms with Crippen LogP contribution in [0.4, 0.5) is 5.69 Å². The lowest BCUT2D eigenvalue weighted by atomic mass is 9.98. The van der Waals surface area contributed by atoms with Crippen LogP contribution >= 0.6 is 15.9 Å². The zero-order chi connectivity index (χ0) is 10.7. The molecule has 1 aliphatic heterocycles. The minimum Gasteiger partial charge on any atom is -0.379 e. The van der Waals surface area contributed by atoms with E-state index in [-0.39, 0.29) is 5.54 Å². The molecule has 1 aliphatic rings. The van der Waals surface area contributed by atoms with E-state index >= 15 is 0 Å². The van der Waals surface area contributed by atoms with Crippen molar-refractivity contribution in [2.75, 3.05) is 25.1 Å². The van der Waals surface area contributed by atoms with Gasteiger partial charge < -0.3 is 15.8 Å². The molecule has 2 rings (SSSR count). The second kappa shape index (κ2) is 4.51. The van der Waals surface area contributed by atoms with Gasteiger partial charge in [0.2, 0.25) is 0 Å². The molecule has 0 bridgehead atoms. The average molecular weight is 271 g/mol. The number of hydrogen-bond donors (Lipinski definition) is 2. The Morgan fingerprint density at radius 1 is 1.40 bits per heavy atom. The van der Waals surface area contributed by atoms with Crippen LogP contribution in [0, 0.1) is 0 Å². The summed E-state index contributed by atoms with van der Waals surface area (Å²) in [5, 5.41) is 3.46. The smallest absolute Gasteiger partial charge is 0.0750 e. The first-order valence-corrected chi connectivity index (χ1v) is 5.85. The summed E-state index contributed by atoms with van der Waals surface area (Å²) >= 11 is 3.41. The van der Waals surface area contributed by atoms with E-state index in [1.165, 1.54) is 0 Å². The maximum atomic E-state index is 5.79. The van der Waals surface area contributed by atoms with Gasteiger partial charge >= 0.3 is 0 Å². The molecule has 1 fully saturated rings. The van der Waals surface area contributed by atoms with E-state index < -0.39 is 0 Å². The fourth-order valence-corrected chi connectivity index (χ4v) is 2.02. The van der Waals surface area contributed by atoms with E-state index in [1.54, 1.807) is 0 Å². The Bertz CT molecular complexity index is 320. The molecule has 82 valence electrons. The summed E-state index contributed by atoms with van der Waals surface area (Å²) < 4.78 is 6.48. The molecule has 0 spiro atoms.